The Morgan fingerprint density at radius 2 is 0.868 bits per heavy atom. The predicted molar refractivity (Wildman–Crippen MR) is 219 cm³/mol. The first kappa shape index (κ1) is 30.7. The Bertz CT molecular complexity index is 2900. The van der Waals surface area contributed by atoms with Gasteiger partial charge in [0.05, 0.1) is 0 Å². The molecule has 0 radical (unpaired) electrons. The highest BCUT2D eigenvalue weighted by Gasteiger charge is 2.17. The maximum absolute atomic E-state index is 6.58. The molecule has 0 saturated carbocycles. The molecule has 0 unspecified atom stereocenters. The molecule has 0 bridgehead atoms. The monoisotopic (exact) mass is 676 g/mol. The van der Waals surface area contributed by atoms with Crippen LogP contribution in [0.2, 0.25) is 0 Å². The van der Waals surface area contributed by atoms with Crippen molar-refractivity contribution >= 4 is 32.6 Å². The molecule has 10 aromatic rings. The summed E-state index contributed by atoms with van der Waals surface area (Å²) in [6.07, 6.45) is 3.67. The fraction of sp³-hybridized carbons (Fsp3) is 0. The van der Waals surface area contributed by atoms with Gasteiger partial charge in [-0.25, -0.2) is 4.98 Å². The Hall–Kier alpha value is -7.10. The molecule has 3 heteroatoms. The number of rotatable bonds is 6. The zero-order valence-corrected chi connectivity index (χ0v) is 28.8. The zero-order valence-electron chi connectivity index (χ0n) is 28.8. The van der Waals surface area contributed by atoms with E-state index in [2.05, 4.69) is 181 Å². The summed E-state index contributed by atoms with van der Waals surface area (Å²) in [6.45, 7) is 0. The highest BCUT2D eigenvalue weighted by molar-refractivity contribution is 6.00. The first-order valence-corrected chi connectivity index (χ1v) is 17.9. The number of pyridine rings is 1. The number of oxazole rings is 1. The van der Waals surface area contributed by atoms with Gasteiger partial charge in [0.2, 0.25) is 5.89 Å². The molecule has 0 aliphatic heterocycles. The standard InChI is InChI=1S/C50H32N2O/c1-3-13-43-35(8-1)10-5-15-45(43)37-21-17-34(18-22-37)42-30-47(39-25-23-38(24-26-39)46-16-6-11-36-9-2-4-14-44(36)46)49-48(31-42)53-50(52-49)40-27-19-33(20-28-40)41-12-7-29-51-32-41/h1-32H. The second-order valence-electron chi connectivity index (χ2n) is 13.4. The summed E-state index contributed by atoms with van der Waals surface area (Å²) in [6, 6.07) is 64.5. The Balaban J connectivity index is 1.07. The van der Waals surface area contributed by atoms with Crippen LogP contribution in [0, 0.1) is 0 Å². The summed E-state index contributed by atoms with van der Waals surface area (Å²) in [5.41, 5.74) is 13.8. The van der Waals surface area contributed by atoms with Crippen LogP contribution in [0.3, 0.4) is 0 Å². The van der Waals surface area contributed by atoms with Crippen LogP contribution in [0.15, 0.2) is 199 Å². The molecule has 53 heavy (non-hydrogen) atoms. The van der Waals surface area contributed by atoms with Gasteiger partial charge in [0.15, 0.2) is 5.58 Å². The van der Waals surface area contributed by atoms with Crippen molar-refractivity contribution in [1.82, 2.24) is 9.97 Å². The molecular weight excluding hydrogens is 645 g/mol. The third kappa shape index (κ3) is 5.65. The van der Waals surface area contributed by atoms with Gasteiger partial charge in [0.1, 0.15) is 5.52 Å². The van der Waals surface area contributed by atoms with Crippen LogP contribution in [0.5, 0.6) is 0 Å². The van der Waals surface area contributed by atoms with Crippen molar-refractivity contribution in [3.8, 4) is 67.1 Å². The first-order valence-electron chi connectivity index (χ1n) is 17.9. The highest BCUT2D eigenvalue weighted by Crippen LogP contribution is 2.39. The molecule has 2 aromatic heterocycles. The molecule has 2 heterocycles. The average Bonchev–Trinajstić information content (AvgIpc) is 3.68. The van der Waals surface area contributed by atoms with E-state index >= 15 is 0 Å². The number of hydrogen-bond donors (Lipinski definition) is 0. The van der Waals surface area contributed by atoms with Gasteiger partial charge in [-0.1, -0.05) is 152 Å². The van der Waals surface area contributed by atoms with Crippen molar-refractivity contribution in [3.05, 3.63) is 194 Å². The molecule has 0 aliphatic rings. The Morgan fingerprint density at radius 1 is 0.358 bits per heavy atom. The summed E-state index contributed by atoms with van der Waals surface area (Å²) < 4.78 is 6.58. The van der Waals surface area contributed by atoms with Crippen LogP contribution in [-0.2, 0) is 0 Å². The van der Waals surface area contributed by atoms with E-state index in [0.717, 1.165) is 50.0 Å². The molecule has 3 nitrogen and oxygen atoms in total. The van der Waals surface area contributed by atoms with Crippen LogP contribution in [0.25, 0.3) is 99.7 Å². The molecule has 0 aliphatic carbocycles. The number of benzene rings is 8. The molecule has 0 saturated heterocycles. The van der Waals surface area contributed by atoms with Gasteiger partial charge in [-0.05, 0) is 102 Å². The smallest absolute Gasteiger partial charge is 0.227 e. The molecule has 10 rings (SSSR count). The average molecular weight is 677 g/mol. The van der Waals surface area contributed by atoms with Gasteiger partial charge in [-0.2, -0.15) is 0 Å². The highest BCUT2D eigenvalue weighted by atomic mass is 16.3. The lowest BCUT2D eigenvalue weighted by atomic mass is 9.93. The summed E-state index contributed by atoms with van der Waals surface area (Å²) in [7, 11) is 0. The first-order chi connectivity index (χ1) is 26.2. The van der Waals surface area contributed by atoms with Crippen molar-refractivity contribution in [2.45, 2.75) is 0 Å². The molecular formula is C50H32N2O. The summed E-state index contributed by atoms with van der Waals surface area (Å²) in [4.78, 5) is 9.40. The Kier molecular flexibility index (Phi) is 7.47. The lowest BCUT2D eigenvalue weighted by molar-refractivity contribution is 0.620. The van der Waals surface area contributed by atoms with E-state index in [-0.39, 0.29) is 0 Å². The number of nitrogens with zero attached hydrogens (tertiary/aromatic N) is 2. The maximum atomic E-state index is 6.58. The minimum atomic E-state index is 0.592. The van der Waals surface area contributed by atoms with Crippen molar-refractivity contribution in [3.63, 3.8) is 0 Å². The molecule has 248 valence electrons. The van der Waals surface area contributed by atoms with Crippen molar-refractivity contribution < 1.29 is 4.42 Å². The van der Waals surface area contributed by atoms with Gasteiger partial charge in [-0.15, -0.1) is 0 Å². The van der Waals surface area contributed by atoms with Gasteiger partial charge in [0.25, 0.3) is 0 Å². The number of hydrogen-bond acceptors (Lipinski definition) is 3. The van der Waals surface area contributed by atoms with Crippen LogP contribution in [-0.4, -0.2) is 9.97 Å². The van der Waals surface area contributed by atoms with Gasteiger partial charge in [-0.3, -0.25) is 4.98 Å². The van der Waals surface area contributed by atoms with Gasteiger partial charge >= 0.3 is 0 Å². The van der Waals surface area contributed by atoms with Crippen molar-refractivity contribution in [2.75, 3.05) is 0 Å². The topological polar surface area (TPSA) is 38.9 Å². The van der Waals surface area contributed by atoms with E-state index in [9.17, 15) is 0 Å². The molecule has 0 fully saturated rings. The zero-order chi connectivity index (χ0) is 35.1. The van der Waals surface area contributed by atoms with E-state index in [1.165, 1.54) is 43.8 Å². The van der Waals surface area contributed by atoms with Crippen LogP contribution in [0.4, 0.5) is 0 Å². The SMILES string of the molecule is c1cncc(-c2ccc(-c3nc4c(-c5ccc(-c6cccc7ccccc67)cc5)cc(-c5ccc(-c6cccc7ccccc67)cc5)cc4o3)cc2)c1. The van der Waals surface area contributed by atoms with E-state index in [4.69, 9.17) is 9.40 Å². The molecule has 8 aromatic carbocycles. The van der Waals surface area contributed by atoms with Crippen LogP contribution in [0.1, 0.15) is 0 Å². The largest absolute Gasteiger partial charge is 0.436 e. The Morgan fingerprint density at radius 3 is 1.45 bits per heavy atom. The fourth-order valence-corrected chi connectivity index (χ4v) is 7.50. The predicted octanol–water partition coefficient (Wildman–Crippen LogP) is 13.5. The lowest BCUT2D eigenvalue weighted by Gasteiger charge is -2.11. The number of fused-ring (bicyclic) bond motifs is 3. The normalized spacial score (nSPS) is 11.4. The van der Waals surface area contributed by atoms with Crippen LogP contribution >= 0.6 is 0 Å². The van der Waals surface area contributed by atoms with Gasteiger partial charge < -0.3 is 4.42 Å². The van der Waals surface area contributed by atoms with Crippen molar-refractivity contribution in [2.24, 2.45) is 0 Å². The van der Waals surface area contributed by atoms with Gasteiger partial charge in [0, 0.05) is 23.5 Å². The van der Waals surface area contributed by atoms with E-state index in [0.29, 0.717) is 5.89 Å². The third-order valence-corrected chi connectivity index (χ3v) is 10.2. The van der Waals surface area contributed by atoms with Crippen LogP contribution < -0.4 is 0 Å². The Labute approximate surface area is 307 Å². The van der Waals surface area contributed by atoms with E-state index in [1.807, 2.05) is 12.3 Å². The summed E-state index contributed by atoms with van der Waals surface area (Å²) >= 11 is 0. The maximum Gasteiger partial charge on any atom is 0.227 e. The summed E-state index contributed by atoms with van der Waals surface area (Å²) in [5, 5.41) is 4.97. The minimum Gasteiger partial charge on any atom is -0.436 e. The van der Waals surface area contributed by atoms with Crippen molar-refractivity contribution in [1.29, 1.82) is 0 Å². The lowest BCUT2D eigenvalue weighted by Crippen LogP contribution is -1.87. The quantitative estimate of drug-likeness (QED) is 0.176. The van der Waals surface area contributed by atoms with E-state index < -0.39 is 0 Å². The summed E-state index contributed by atoms with van der Waals surface area (Å²) in [5.74, 6) is 0.592. The fourth-order valence-electron chi connectivity index (χ4n) is 7.50. The molecule has 0 N–H and O–H groups in total. The molecule has 0 spiro atoms. The molecule has 0 amide bonds. The third-order valence-electron chi connectivity index (χ3n) is 10.2. The minimum absolute atomic E-state index is 0.592. The van der Waals surface area contributed by atoms with E-state index in [1.54, 1.807) is 6.20 Å². The molecule has 0 atom stereocenters. The number of aromatic nitrogens is 2. The second kappa shape index (κ2) is 12.9. The second-order valence-corrected chi connectivity index (χ2v) is 13.4.